The summed E-state index contributed by atoms with van der Waals surface area (Å²) in [7, 11) is 0. The molecule has 1 unspecified atom stereocenters. The van der Waals surface area contributed by atoms with Gasteiger partial charge in [0.25, 0.3) is 17.7 Å². The van der Waals surface area contributed by atoms with Crippen LogP contribution in [0.15, 0.2) is 36.5 Å². The number of carbonyl (C=O) groups excluding carboxylic acids is 5. The normalized spacial score (nSPS) is 25.1. The average Bonchev–Trinajstić information content (AvgIpc) is 3.46. The fourth-order valence-corrected chi connectivity index (χ4v) is 11.2. The summed E-state index contributed by atoms with van der Waals surface area (Å²) in [5, 5.41) is 15.0. The molecule has 338 valence electrons. The first-order chi connectivity index (χ1) is 30.3. The van der Waals surface area contributed by atoms with E-state index in [1.807, 2.05) is 32.9 Å². The van der Waals surface area contributed by atoms with Gasteiger partial charge in [-0.3, -0.25) is 39.1 Å². The van der Waals surface area contributed by atoms with Crippen LogP contribution in [0.2, 0.25) is 0 Å². The van der Waals surface area contributed by atoms with Gasteiger partial charge in [-0.15, -0.1) is 0 Å². The van der Waals surface area contributed by atoms with E-state index in [0.29, 0.717) is 46.5 Å². The molecule has 15 heteroatoms. The highest BCUT2D eigenvalue weighted by Gasteiger charge is 2.64. The van der Waals surface area contributed by atoms with Gasteiger partial charge in [-0.05, 0) is 101 Å². The van der Waals surface area contributed by atoms with Crippen molar-refractivity contribution in [3.05, 3.63) is 75.6 Å². The number of anilines is 1. The summed E-state index contributed by atoms with van der Waals surface area (Å²) < 4.78 is 12.9. The highest BCUT2D eigenvalue weighted by molar-refractivity contribution is 6.23. The summed E-state index contributed by atoms with van der Waals surface area (Å²) in [6.07, 6.45) is 5.32. The number of nitrogens with zero attached hydrogens (tertiary/aromatic N) is 6. The second kappa shape index (κ2) is 16.9. The second-order valence-electron chi connectivity index (χ2n) is 20.0. The summed E-state index contributed by atoms with van der Waals surface area (Å²) in [4.78, 5) is 79.6. The Bertz CT molecular complexity index is 2410. The van der Waals surface area contributed by atoms with Crippen molar-refractivity contribution in [3.63, 3.8) is 0 Å². The number of amides is 5. The molecule has 0 bridgehead atoms. The standard InChI is InChI=1S/C49H60N8O7/c1-26(2)56(31-20-34(21-31)63-32-10-11-35-36(22-32)44(62)57(43(35)61)39-12-13-40(58)53-42(39)60)25-30-14-16-55(17-15-30)47-51-24-38(29(5)52-47)41(59)54-45-48(6,7)46(49(45,8)9)64-33-18-27(3)37(23-50)28(4)19-33/h10-11,18-19,22,24,26,30-31,34,39,45-46H,12-17,20-21,25H2,1-9H3,(H,54,59)(H,53,58,60). The average molecular weight is 873 g/mol. The number of hydrogen-bond acceptors (Lipinski definition) is 12. The van der Waals surface area contributed by atoms with Gasteiger partial charge in [-0.2, -0.15) is 5.26 Å². The lowest BCUT2D eigenvalue weighted by Crippen LogP contribution is -2.74. The zero-order valence-electron chi connectivity index (χ0n) is 38.4. The van der Waals surface area contributed by atoms with E-state index in [-0.39, 0.29) is 59.0 Å². The number of imide groups is 2. The van der Waals surface area contributed by atoms with Crippen molar-refractivity contribution in [1.29, 1.82) is 5.26 Å². The molecule has 0 spiro atoms. The minimum absolute atomic E-state index is 0.0264. The highest BCUT2D eigenvalue weighted by atomic mass is 16.5. The lowest BCUT2D eigenvalue weighted by atomic mass is 9.49. The predicted octanol–water partition coefficient (Wildman–Crippen LogP) is 5.82. The third-order valence-electron chi connectivity index (χ3n) is 14.5. The Kier molecular flexibility index (Phi) is 11.8. The van der Waals surface area contributed by atoms with Crippen molar-refractivity contribution < 1.29 is 33.4 Å². The second-order valence-corrected chi connectivity index (χ2v) is 20.0. The van der Waals surface area contributed by atoms with Crippen molar-refractivity contribution >= 4 is 35.5 Å². The summed E-state index contributed by atoms with van der Waals surface area (Å²) in [6.45, 7) is 21.2. The fourth-order valence-electron chi connectivity index (χ4n) is 11.2. The Hall–Kier alpha value is -5.88. The number of ether oxygens (including phenoxy) is 2. The van der Waals surface area contributed by atoms with Crippen LogP contribution in [0.3, 0.4) is 0 Å². The molecule has 1 aromatic heterocycles. The molecule has 3 aliphatic heterocycles. The van der Waals surface area contributed by atoms with Gasteiger partial charge < -0.3 is 19.7 Å². The van der Waals surface area contributed by atoms with Gasteiger partial charge in [0, 0.05) is 74.0 Å². The van der Waals surface area contributed by atoms with Crippen molar-refractivity contribution in [2.45, 2.75) is 137 Å². The van der Waals surface area contributed by atoms with E-state index in [0.717, 1.165) is 67.1 Å². The van der Waals surface area contributed by atoms with Gasteiger partial charge in [0.05, 0.1) is 34.0 Å². The van der Waals surface area contributed by atoms with Gasteiger partial charge in [0.2, 0.25) is 17.8 Å². The van der Waals surface area contributed by atoms with Crippen molar-refractivity contribution in [2.24, 2.45) is 16.7 Å². The number of carbonyl (C=O) groups is 5. The van der Waals surface area contributed by atoms with Crippen LogP contribution in [-0.4, -0.2) is 105 Å². The summed E-state index contributed by atoms with van der Waals surface area (Å²) in [5.74, 6) is 0.0617. The Balaban J connectivity index is 0.812. The zero-order valence-corrected chi connectivity index (χ0v) is 38.4. The van der Waals surface area contributed by atoms with Gasteiger partial charge >= 0.3 is 0 Å². The summed E-state index contributed by atoms with van der Waals surface area (Å²) in [6, 6.07) is 10.5. The van der Waals surface area contributed by atoms with Crippen LogP contribution in [0.25, 0.3) is 0 Å². The van der Waals surface area contributed by atoms with E-state index in [4.69, 9.17) is 19.4 Å². The zero-order chi connectivity index (χ0) is 46.0. The Morgan fingerprint density at radius 2 is 1.59 bits per heavy atom. The minimum Gasteiger partial charge on any atom is -0.490 e. The highest BCUT2D eigenvalue weighted by Crippen LogP contribution is 2.55. The maximum Gasteiger partial charge on any atom is 0.262 e. The summed E-state index contributed by atoms with van der Waals surface area (Å²) in [5.41, 5.74) is 3.24. The van der Waals surface area contributed by atoms with Crippen LogP contribution in [0.5, 0.6) is 11.5 Å². The molecule has 1 atom stereocenters. The molecule has 4 heterocycles. The van der Waals surface area contributed by atoms with Crippen LogP contribution >= 0.6 is 0 Å². The van der Waals surface area contributed by atoms with Crippen LogP contribution in [-0.2, 0) is 9.59 Å². The number of nitriles is 1. The van der Waals surface area contributed by atoms with Gasteiger partial charge in [-0.1, -0.05) is 27.7 Å². The largest absolute Gasteiger partial charge is 0.490 e. The minimum atomic E-state index is -1.01. The number of aromatic nitrogens is 2. The smallest absolute Gasteiger partial charge is 0.262 e. The summed E-state index contributed by atoms with van der Waals surface area (Å²) >= 11 is 0. The number of piperidine rings is 2. The molecule has 5 amide bonds. The van der Waals surface area contributed by atoms with Crippen molar-refractivity contribution in [1.82, 2.24) is 30.4 Å². The number of benzene rings is 2. The quantitative estimate of drug-likeness (QED) is 0.208. The molecule has 4 fully saturated rings. The maximum absolute atomic E-state index is 13.8. The molecule has 2 saturated carbocycles. The van der Waals surface area contributed by atoms with E-state index in [2.05, 4.69) is 68.0 Å². The Labute approximate surface area is 375 Å². The van der Waals surface area contributed by atoms with Crippen LogP contribution < -0.4 is 25.0 Å². The molecule has 64 heavy (non-hydrogen) atoms. The third kappa shape index (κ3) is 8.10. The number of nitrogens with one attached hydrogen (secondary N) is 2. The first-order valence-corrected chi connectivity index (χ1v) is 22.6. The molecule has 2 aromatic carbocycles. The van der Waals surface area contributed by atoms with Crippen LogP contribution in [0.4, 0.5) is 5.95 Å². The molecule has 3 aromatic rings. The van der Waals surface area contributed by atoms with E-state index < -0.39 is 29.7 Å². The van der Waals surface area contributed by atoms with E-state index in [1.54, 1.807) is 24.4 Å². The monoisotopic (exact) mass is 872 g/mol. The van der Waals surface area contributed by atoms with Gasteiger partial charge in [0.1, 0.15) is 29.7 Å². The molecule has 2 aliphatic carbocycles. The third-order valence-corrected chi connectivity index (χ3v) is 14.5. The Morgan fingerprint density at radius 3 is 2.20 bits per heavy atom. The van der Waals surface area contributed by atoms with Crippen molar-refractivity contribution in [3.8, 4) is 17.6 Å². The van der Waals surface area contributed by atoms with Crippen LogP contribution in [0, 0.1) is 48.9 Å². The molecular formula is C49H60N8O7. The number of fused-ring (bicyclic) bond motifs is 1. The van der Waals surface area contributed by atoms with E-state index in [9.17, 15) is 29.2 Å². The molecular weight excluding hydrogens is 813 g/mol. The molecule has 2 N–H and O–H groups in total. The first kappa shape index (κ1) is 44.7. The topological polar surface area (TPSA) is 187 Å². The molecule has 0 radical (unpaired) electrons. The van der Waals surface area contributed by atoms with Gasteiger partial charge in [-0.25, -0.2) is 9.97 Å². The number of aryl methyl sites for hydroxylation is 3. The number of rotatable bonds is 12. The van der Waals surface area contributed by atoms with E-state index >= 15 is 0 Å². The fraction of sp³-hybridized carbons (Fsp3) is 0.551. The molecule has 8 rings (SSSR count). The van der Waals surface area contributed by atoms with Gasteiger partial charge in [0.15, 0.2) is 0 Å². The lowest BCUT2D eigenvalue weighted by molar-refractivity contribution is -0.164. The molecule has 5 aliphatic rings. The van der Waals surface area contributed by atoms with E-state index in [1.165, 1.54) is 0 Å². The SMILES string of the molecule is Cc1cc(OC2C(C)(C)C(NC(=O)c3cnc(N4CCC(CN(C(C)C)C5CC(Oc6ccc7c(c6)C(=O)N(C6CCC(=O)NC6=O)C7=O)C5)CC4)nc3C)C2(C)C)cc(C)c1C#N. The molecule has 2 saturated heterocycles. The maximum atomic E-state index is 13.8. The number of hydrogen-bond donors (Lipinski definition) is 2. The van der Waals surface area contributed by atoms with Crippen molar-refractivity contribution in [2.75, 3.05) is 24.5 Å². The molecule has 15 nitrogen and oxygen atoms in total. The lowest BCUT2D eigenvalue weighted by Gasteiger charge is -2.63. The predicted molar refractivity (Wildman–Crippen MR) is 238 cm³/mol. The van der Waals surface area contributed by atoms with Crippen LogP contribution in [0.1, 0.15) is 134 Å². The Morgan fingerprint density at radius 1 is 0.938 bits per heavy atom. The first-order valence-electron chi connectivity index (χ1n) is 22.6.